The van der Waals surface area contributed by atoms with E-state index in [1.165, 1.54) is 6.42 Å². The van der Waals surface area contributed by atoms with Crippen LogP contribution in [0.15, 0.2) is 27.8 Å². The summed E-state index contributed by atoms with van der Waals surface area (Å²) in [5.41, 5.74) is -0.127. The van der Waals surface area contributed by atoms with Crippen LogP contribution >= 0.6 is 0 Å². The molecule has 7 nitrogen and oxygen atoms in total. The van der Waals surface area contributed by atoms with Gasteiger partial charge < -0.3 is 24.9 Å². The van der Waals surface area contributed by atoms with Crippen molar-refractivity contribution in [2.75, 3.05) is 52.5 Å². The molecular weight excluding hydrogens is 356 g/mol. The number of nitrogens with zero attached hydrogens (tertiary/aromatic N) is 2. The molecular formula is C21H36N4O3. The summed E-state index contributed by atoms with van der Waals surface area (Å²) in [4.78, 5) is 7.24. The summed E-state index contributed by atoms with van der Waals surface area (Å²) in [7, 11) is 0. The molecule has 1 aromatic heterocycles. The van der Waals surface area contributed by atoms with Crippen molar-refractivity contribution in [1.29, 1.82) is 0 Å². The van der Waals surface area contributed by atoms with Gasteiger partial charge in [-0.25, -0.2) is 0 Å². The maximum Gasteiger partial charge on any atom is 0.191 e. The first kappa shape index (κ1) is 21.1. The van der Waals surface area contributed by atoms with E-state index in [1.54, 1.807) is 6.26 Å². The predicted octanol–water partition coefficient (Wildman–Crippen LogP) is 1.63. The number of aliphatic hydroxyl groups is 1. The summed E-state index contributed by atoms with van der Waals surface area (Å²) in [6, 6.07) is 3.90. The van der Waals surface area contributed by atoms with Crippen LogP contribution < -0.4 is 10.6 Å². The average Bonchev–Trinajstić information content (AvgIpc) is 3.22. The van der Waals surface area contributed by atoms with E-state index in [4.69, 9.17) is 14.1 Å². The lowest BCUT2D eigenvalue weighted by Crippen LogP contribution is -2.45. The van der Waals surface area contributed by atoms with E-state index in [1.807, 2.05) is 12.1 Å². The predicted molar refractivity (Wildman–Crippen MR) is 111 cm³/mol. The smallest absolute Gasteiger partial charge is 0.191 e. The Bertz CT molecular complexity index is 586. The summed E-state index contributed by atoms with van der Waals surface area (Å²) >= 11 is 0. The molecule has 1 aromatic rings. The Morgan fingerprint density at radius 2 is 2.11 bits per heavy atom. The van der Waals surface area contributed by atoms with Gasteiger partial charge in [-0.3, -0.25) is 9.89 Å². The Morgan fingerprint density at radius 1 is 1.29 bits per heavy atom. The average molecular weight is 393 g/mol. The number of nitrogens with one attached hydrogen (secondary N) is 2. The fourth-order valence-corrected chi connectivity index (χ4v) is 3.92. The van der Waals surface area contributed by atoms with Crippen LogP contribution in [0.1, 0.15) is 38.4 Å². The molecule has 0 spiro atoms. The van der Waals surface area contributed by atoms with Crippen LogP contribution in [0, 0.1) is 5.41 Å². The maximum atomic E-state index is 10.4. The van der Waals surface area contributed by atoms with Crippen molar-refractivity contribution in [2.24, 2.45) is 10.4 Å². The molecule has 7 heteroatoms. The van der Waals surface area contributed by atoms with Gasteiger partial charge in [-0.05, 0) is 25.0 Å². The number of furan rings is 1. The monoisotopic (exact) mass is 392 g/mol. The summed E-state index contributed by atoms with van der Waals surface area (Å²) in [5, 5.41) is 17.3. The van der Waals surface area contributed by atoms with Gasteiger partial charge in [-0.1, -0.05) is 19.8 Å². The number of hydrogen-bond acceptors (Lipinski definition) is 5. The van der Waals surface area contributed by atoms with Gasteiger partial charge in [0.15, 0.2) is 5.96 Å². The van der Waals surface area contributed by atoms with Crippen molar-refractivity contribution >= 4 is 5.96 Å². The van der Waals surface area contributed by atoms with E-state index >= 15 is 0 Å². The fraction of sp³-hybridized carbons (Fsp3) is 0.762. The van der Waals surface area contributed by atoms with E-state index in [9.17, 15) is 5.11 Å². The summed E-state index contributed by atoms with van der Waals surface area (Å²) < 4.78 is 10.8. The third-order valence-electron chi connectivity index (χ3n) is 5.95. The number of ether oxygens (including phenoxy) is 1. The van der Waals surface area contributed by atoms with Crippen molar-refractivity contribution in [2.45, 2.75) is 45.1 Å². The quantitative estimate of drug-likeness (QED) is 0.461. The second-order valence-corrected chi connectivity index (χ2v) is 8.22. The van der Waals surface area contributed by atoms with Gasteiger partial charge in [0.05, 0.1) is 32.1 Å². The highest BCUT2D eigenvalue weighted by Gasteiger charge is 2.35. The topological polar surface area (TPSA) is 82.3 Å². The number of aliphatic imine (C=N–C) groups is 1. The zero-order chi connectivity index (χ0) is 19.7. The molecule has 1 aliphatic carbocycles. The lowest BCUT2D eigenvalue weighted by molar-refractivity contribution is 0.00715. The van der Waals surface area contributed by atoms with E-state index in [0.717, 1.165) is 83.3 Å². The highest BCUT2D eigenvalue weighted by atomic mass is 16.5. The van der Waals surface area contributed by atoms with E-state index < -0.39 is 0 Å². The van der Waals surface area contributed by atoms with Crippen LogP contribution in [-0.4, -0.2) is 74.6 Å². The minimum atomic E-state index is -0.261. The minimum absolute atomic E-state index is 0.127. The van der Waals surface area contributed by atoms with Crippen LogP contribution in [0.2, 0.25) is 0 Å². The Hall–Kier alpha value is -1.57. The van der Waals surface area contributed by atoms with Crippen LogP contribution in [0.3, 0.4) is 0 Å². The van der Waals surface area contributed by atoms with Crippen molar-refractivity contribution in [3.05, 3.63) is 24.2 Å². The molecule has 0 aromatic carbocycles. The number of hydrogen-bond donors (Lipinski definition) is 3. The first-order valence-corrected chi connectivity index (χ1v) is 10.7. The van der Waals surface area contributed by atoms with Crippen molar-refractivity contribution in [3.8, 4) is 0 Å². The van der Waals surface area contributed by atoms with E-state index in [2.05, 4.69) is 22.5 Å². The Morgan fingerprint density at radius 3 is 2.86 bits per heavy atom. The standard InChI is InChI=1S/C21H36N4O3/c1-21(8-3-2-6-19(21)26)17-24-20(22-9-7-18-5-4-14-28-18)23-10-11-25-12-15-27-16-13-25/h4-5,14,19,26H,2-3,6-13,15-17H2,1H3,(H2,22,23,24). The third-order valence-corrected chi connectivity index (χ3v) is 5.95. The molecule has 2 heterocycles. The highest BCUT2D eigenvalue weighted by molar-refractivity contribution is 5.79. The molecule has 158 valence electrons. The van der Waals surface area contributed by atoms with Gasteiger partial charge in [0.25, 0.3) is 0 Å². The first-order valence-electron chi connectivity index (χ1n) is 10.7. The fourth-order valence-electron chi connectivity index (χ4n) is 3.92. The molecule has 0 amide bonds. The van der Waals surface area contributed by atoms with Gasteiger partial charge in [0, 0.05) is 44.6 Å². The first-order chi connectivity index (χ1) is 13.7. The largest absolute Gasteiger partial charge is 0.469 e. The van der Waals surface area contributed by atoms with Gasteiger partial charge in [0.1, 0.15) is 5.76 Å². The zero-order valence-corrected chi connectivity index (χ0v) is 17.2. The van der Waals surface area contributed by atoms with Gasteiger partial charge in [-0.15, -0.1) is 0 Å². The zero-order valence-electron chi connectivity index (χ0n) is 17.2. The highest BCUT2D eigenvalue weighted by Crippen LogP contribution is 2.36. The maximum absolute atomic E-state index is 10.4. The minimum Gasteiger partial charge on any atom is -0.469 e. The van der Waals surface area contributed by atoms with Gasteiger partial charge >= 0.3 is 0 Å². The Labute approximate surface area is 168 Å². The molecule has 0 radical (unpaired) electrons. The second-order valence-electron chi connectivity index (χ2n) is 8.22. The lowest BCUT2D eigenvalue weighted by Gasteiger charge is -2.37. The van der Waals surface area contributed by atoms with Crippen LogP contribution in [0.4, 0.5) is 0 Å². The molecule has 3 rings (SSSR count). The van der Waals surface area contributed by atoms with Crippen LogP contribution in [0.5, 0.6) is 0 Å². The van der Waals surface area contributed by atoms with Crippen LogP contribution in [-0.2, 0) is 11.2 Å². The van der Waals surface area contributed by atoms with Gasteiger partial charge in [-0.2, -0.15) is 0 Å². The Kier molecular flexibility index (Phi) is 8.18. The SMILES string of the molecule is CC1(CN=C(NCCc2ccco2)NCCN2CCOCC2)CCCCC1O. The lowest BCUT2D eigenvalue weighted by atomic mass is 9.73. The molecule has 2 atom stereocenters. The van der Waals surface area contributed by atoms with Crippen LogP contribution in [0.25, 0.3) is 0 Å². The molecule has 28 heavy (non-hydrogen) atoms. The molecule has 1 saturated carbocycles. The van der Waals surface area contributed by atoms with E-state index in [0.29, 0.717) is 6.54 Å². The van der Waals surface area contributed by atoms with E-state index in [-0.39, 0.29) is 11.5 Å². The Balaban J connectivity index is 1.51. The molecule has 2 unspecified atom stereocenters. The second kappa shape index (κ2) is 10.8. The van der Waals surface area contributed by atoms with Crippen molar-refractivity contribution in [1.82, 2.24) is 15.5 Å². The molecule has 0 bridgehead atoms. The molecule has 1 saturated heterocycles. The number of rotatable bonds is 8. The van der Waals surface area contributed by atoms with Crippen molar-refractivity contribution < 1.29 is 14.3 Å². The summed E-state index contributed by atoms with van der Waals surface area (Å²) in [6.45, 7) is 8.99. The summed E-state index contributed by atoms with van der Waals surface area (Å²) in [6.07, 6.45) is 6.47. The number of aliphatic hydroxyl groups excluding tert-OH is 1. The number of morpholine rings is 1. The summed E-state index contributed by atoms with van der Waals surface area (Å²) in [5.74, 6) is 1.79. The van der Waals surface area contributed by atoms with Crippen molar-refractivity contribution in [3.63, 3.8) is 0 Å². The number of guanidine groups is 1. The molecule has 2 aliphatic rings. The molecule has 3 N–H and O–H groups in total. The normalized spacial score (nSPS) is 26.9. The molecule has 1 aliphatic heterocycles. The van der Waals surface area contributed by atoms with Gasteiger partial charge in [0.2, 0.25) is 0 Å². The third kappa shape index (κ3) is 6.50. The molecule has 2 fully saturated rings.